The van der Waals surface area contributed by atoms with E-state index in [1.54, 1.807) is 6.20 Å². The molecule has 2 heterocycles. The fraction of sp³-hybridized carbons (Fsp3) is 0. The lowest BCUT2D eigenvalue weighted by Gasteiger charge is -1.98. The van der Waals surface area contributed by atoms with E-state index in [0.29, 0.717) is 0 Å². The summed E-state index contributed by atoms with van der Waals surface area (Å²) in [7, 11) is 0. The number of H-pyrrole nitrogens is 1. The topological polar surface area (TPSA) is 41.6 Å². The molecule has 3 nitrogen and oxygen atoms in total. The summed E-state index contributed by atoms with van der Waals surface area (Å²) in [5.74, 6) is 0.834. The first kappa shape index (κ1) is 9.54. The van der Waals surface area contributed by atoms with Gasteiger partial charge < -0.3 is 4.98 Å². The highest BCUT2D eigenvalue weighted by Gasteiger charge is 2.07. The molecule has 0 saturated heterocycles. The van der Waals surface area contributed by atoms with Crippen molar-refractivity contribution in [1.82, 2.24) is 15.0 Å². The Morgan fingerprint density at radius 2 is 1.94 bits per heavy atom. The van der Waals surface area contributed by atoms with Gasteiger partial charge in [-0.05, 0) is 18.2 Å². The molecule has 3 rings (SSSR count). The molecule has 0 bridgehead atoms. The van der Waals surface area contributed by atoms with E-state index in [1.165, 1.54) is 0 Å². The molecule has 78 valence electrons. The number of fused-ring (bicyclic) bond motifs is 1. The van der Waals surface area contributed by atoms with Gasteiger partial charge in [-0.2, -0.15) is 0 Å². The zero-order chi connectivity index (χ0) is 11.0. The van der Waals surface area contributed by atoms with Crippen molar-refractivity contribution in [2.45, 2.75) is 0 Å². The van der Waals surface area contributed by atoms with E-state index in [1.807, 2.05) is 36.4 Å². The van der Waals surface area contributed by atoms with Gasteiger partial charge in [-0.15, -0.1) is 0 Å². The Labute approximate surface area is 101 Å². The van der Waals surface area contributed by atoms with Crippen LogP contribution in [0.1, 0.15) is 0 Å². The smallest absolute Gasteiger partial charge is 0.178 e. The normalized spacial score (nSPS) is 10.8. The molecule has 16 heavy (non-hydrogen) atoms. The largest absolute Gasteiger partial charge is 0.337 e. The van der Waals surface area contributed by atoms with Crippen molar-refractivity contribution in [2.24, 2.45) is 0 Å². The molecule has 3 aromatic rings. The second-order valence-corrected chi connectivity index (χ2v) is 4.29. The first-order valence-corrected chi connectivity index (χ1v) is 5.69. The molecule has 0 atom stereocenters. The van der Waals surface area contributed by atoms with Gasteiger partial charge in [0.15, 0.2) is 5.65 Å². The number of aromatic nitrogens is 3. The standard InChI is InChI=1S/C12H8BrN3/c13-9-5-2-1-4-8(9)11-15-10-6-3-7-14-12(10)16-11/h1-7H,(H,14,15,16). The maximum atomic E-state index is 4.45. The molecule has 0 aliphatic rings. The fourth-order valence-corrected chi connectivity index (χ4v) is 2.10. The van der Waals surface area contributed by atoms with Crippen molar-refractivity contribution in [1.29, 1.82) is 0 Å². The van der Waals surface area contributed by atoms with Crippen molar-refractivity contribution < 1.29 is 0 Å². The highest BCUT2D eigenvalue weighted by Crippen LogP contribution is 2.26. The SMILES string of the molecule is Brc1ccccc1-c1nc2ncccc2[nH]1. The first-order valence-electron chi connectivity index (χ1n) is 4.90. The zero-order valence-electron chi connectivity index (χ0n) is 8.31. The predicted octanol–water partition coefficient (Wildman–Crippen LogP) is 3.39. The van der Waals surface area contributed by atoms with Crippen molar-refractivity contribution in [3.63, 3.8) is 0 Å². The highest BCUT2D eigenvalue weighted by molar-refractivity contribution is 9.10. The van der Waals surface area contributed by atoms with Crippen LogP contribution in [0.5, 0.6) is 0 Å². The highest BCUT2D eigenvalue weighted by atomic mass is 79.9. The van der Waals surface area contributed by atoms with Gasteiger partial charge >= 0.3 is 0 Å². The van der Waals surface area contributed by atoms with Gasteiger partial charge in [-0.3, -0.25) is 0 Å². The van der Waals surface area contributed by atoms with Crippen LogP contribution in [0, 0.1) is 0 Å². The lowest BCUT2D eigenvalue weighted by atomic mass is 10.2. The molecule has 0 aliphatic carbocycles. The molecule has 0 fully saturated rings. The van der Waals surface area contributed by atoms with Crippen LogP contribution in [-0.4, -0.2) is 15.0 Å². The quantitative estimate of drug-likeness (QED) is 0.739. The van der Waals surface area contributed by atoms with Crippen LogP contribution in [-0.2, 0) is 0 Å². The van der Waals surface area contributed by atoms with Crippen molar-refractivity contribution >= 4 is 27.1 Å². The van der Waals surface area contributed by atoms with Crippen LogP contribution in [0.25, 0.3) is 22.6 Å². The monoisotopic (exact) mass is 273 g/mol. The average molecular weight is 274 g/mol. The summed E-state index contributed by atoms with van der Waals surface area (Å²) in [5, 5.41) is 0. The number of rotatable bonds is 1. The van der Waals surface area contributed by atoms with Crippen molar-refractivity contribution in [3.05, 3.63) is 47.1 Å². The van der Waals surface area contributed by atoms with Crippen LogP contribution in [0.2, 0.25) is 0 Å². The molecule has 0 saturated carbocycles. The third-order valence-corrected chi connectivity index (χ3v) is 3.08. The number of hydrogen-bond donors (Lipinski definition) is 1. The van der Waals surface area contributed by atoms with Crippen LogP contribution >= 0.6 is 15.9 Å². The summed E-state index contributed by atoms with van der Waals surface area (Å²) in [6.45, 7) is 0. The van der Waals surface area contributed by atoms with Gasteiger partial charge in [0.1, 0.15) is 5.82 Å². The number of nitrogens with zero attached hydrogens (tertiary/aromatic N) is 2. The number of hydrogen-bond acceptors (Lipinski definition) is 2. The predicted molar refractivity (Wildman–Crippen MR) is 67.0 cm³/mol. The average Bonchev–Trinajstić information content (AvgIpc) is 2.73. The number of benzene rings is 1. The van der Waals surface area contributed by atoms with Crippen molar-refractivity contribution in [3.8, 4) is 11.4 Å². The molecule has 0 unspecified atom stereocenters. The molecular formula is C12H8BrN3. The molecule has 0 radical (unpaired) electrons. The van der Waals surface area contributed by atoms with E-state index in [9.17, 15) is 0 Å². The van der Waals surface area contributed by atoms with Crippen LogP contribution < -0.4 is 0 Å². The van der Waals surface area contributed by atoms with E-state index in [2.05, 4.69) is 30.9 Å². The van der Waals surface area contributed by atoms with Gasteiger partial charge in [-0.25, -0.2) is 9.97 Å². The summed E-state index contributed by atoms with van der Waals surface area (Å²) in [4.78, 5) is 11.9. The molecule has 0 aliphatic heterocycles. The van der Waals surface area contributed by atoms with Gasteiger partial charge in [0, 0.05) is 16.2 Å². The molecular weight excluding hydrogens is 266 g/mol. The summed E-state index contributed by atoms with van der Waals surface area (Å²) in [6, 6.07) is 11.8. The van der Waals surface area contributed by atoms with E-state index in [0.717, 1.165) is 27.0 Å². The lowest BCUT2D eigenvalue weighted by Crippen LogP contribution is -1.81. The maximum Gasteiger partial charge on any atom is 0.178 e. The Bertz CT molecular complexity index is 612. The number of halogens is 1. The molecule has 2 aromatic heterocycles. The van der Waals surface area contributed by atoms with Gasteiger partial charge in [0.25, 0.3) is 0 Å². The number of aromatic amines is 1. The second-order valence-electron chi connectivity index (χ2n) is 3.44. The summed E-state index contributed by atoms with van der Waals surface area (Å²) < 4.78 is 1.02. The van der Waals surface area contributed by atoms with E-state index >= 15 is 0 Å². The molecule has 1 N–H and O–H groups in total. The Kier molecular flexibility index (Phi) is 2.22. The van der Waals surface area contributed by atoms with E-state index in [-0.39, 0.29) is 0 Å². The number of imidazole rings is 1. The Balaban J connectivity index is 2.23. The Morgan fingerprint density at radius 1 is 1.06 bits per heavy atom. The fourth-order valence-electron chi connectivity index (χ4n) is 1.63. The van der Waals surface area contributed by atoms with Gasteiger partial charge in [0.2, 0.25) is 0 Å². The Morgan fingerprint density at radius 3 is 2.75 bits per heavy atom. The molecule has 1 aromatic carbocycles. The zero-order valence-corrected chi connectivity index (χ0v) is 9.90. The summed E-state index contributed by atoms with van der Waals surface area (Å²) >= 11 is 3.51. The van der Waals surface area contributed by atoms with Crippen LogP contribution in [0.4, 0.5) is 0 Å². The second kappa shape index (κ2) is 3.72. The minimum absolute atomic E-state index is 0.744. The molecule has 0 spiro atoms. The third-order valence-electron chi connectivity index (χ3n) is 2.39. The van der Waals surface area contributed by atoms with Crippen LogP contribution in [0.3, 0.4) is 0 Å². The minimum Gasteiger partial charge on any atom is -0.337 e. The lowest BCUT2D eigenvalue weighted by molar-refractivity contribution is 1.30. The summed E-state index contributed by atoms with van der Waals surface area (Å²) in [6.07, 6.45) is 1.74. The maximum absolute atomic E-state index is 4.45. The van der Waals surface area contributed by atoms with Crippen LogP contribution in [0.15, 0.2) is 47.1 Å². The van der Waals surface area contributed by atoms with E-state index in [4.69, 9.17) is 0 Å². The minimum atomic E-state index is 0.744. The number of nitrogens with one attached hydrogen (secondary N) is 1. The van der Waals surface area contributed by atoms with Gasteiger partial charge in [0.05, 0.1) is 5.52 Å². The molecule has 0 amide bonds. The number of pyridine rings is 1. The molecule has 4 heteroatoms. The Hall–Kier alpha value is -1.68. The summed E-state index contributed by atoms with van der Waals surface area (Å²) in [5.41, 5.74) is 2.74. The van der Waals surface area contributed by atoms with Crippen molar-refractivity contribution in [2.75, 3.05) is 0 Å². The van der Waals surface area contributed by atoms with Gasteiger partial charge in [-0.1, -0.05) is 34.1 Å². The van der Waals surface area contributed by atoms with E-state index < -0.39 is 0 Å². The third kappa shape index (κ3) is 1.51. The first-order chi connectivity index (χ1) is 7.84.